The summed E-state index contributed by atoms with van der Waals surface area (Å²) in [5, 5.41) is 11.8. The highest BCUT2D eigenvalue weighted by molar-refractivity contribution is 9.10. The molecule has 1 saturated heterocycles. The highest BCUT2D eigenvalue weighted by Gasteiger charge is 2.53. The lowest BCUT2D eigenvalue weighted by Gasteiger charge is -2.32. The molecule has 1 aliphatic rings. The zero-order valence-electron chi connectivity index (χ0n) is 71.9. The minimum absolute atomic E-state index is 0.395. The van der Waals surface area contributed by atoms with Crippen LogP contribution in [0.1, 0.15) is 27.7 Å². The van der Waals surface area contributed by atoms with Crippen molar-refractivity contribution < 1.29 is 9.31 Å². The Hall–Kier alpha value is -15.7. The van der Waals surface area contributed by atoms with Crippen LogP contribution in [0.4, 0.5) is 0 Å². The normalized spacial score (nSPS) is 12.7. The number of aromatic nitrogens is 8. The fourth-order valence-electron chi connectivity index (χ4n) is 17.2. The van der Waals surface area contributed by atoms with E-state index in [0.717, 1.165) is 137 Å². The fourth-order valence-corrected chi connectivity index (χ4v) is 17.6. The molecule has 0 unspecified atom stereocenters. The number of pyridine rings is 2. The minimum Gasteiger partial charge on any atom is -0.398 e. The number of halogens is 1. The first-order valence-electron chi connectivity index (χ1n) is 43.8. The molecule has 0 spiro atoms. The molecule has 0 radical (unpaired) electrons. The van der Waals surface area contributed by atoms with E-state index in [1.54, 1.807) is 0 Å². The van der Waals surface area contributed by atoms with Gasteiger partial charge in [0.1, 0.15) is 0 Å². The van der Waals surface area contributed by atoms with E-state index in [-0.39, 0.29) is 0 Å². The van der Waals surface area contributed by atoms with Gasteiger partial charge in [0, 0.05) is 65.0 Å². The zero-order valence-corrected chi connectivity index (χ0v) is 73.5. The van der Waals surface area contributed by atoms with E-state index in [9.17, 15) is 0 Å². The van der Waals surface area contributed by atoms with Crippen LogP contribution in [-0.4, -0.2) is 58.2 Å². The SMILES string of the molecule is Brc1cccc(-c2cccc(-c3cccc(-c4nc(-c5ccccc5)nc(-c5ccc(-c6ccccc6)cc5)n4)c3)c2)c1.CC1(C)OB(c2nc3ccccc3c3cc4ccccc4cc23)OC1(C)C.c1ccc(-c2ccc(-c3nc(-c4ccccc4)nc(-c4cccc(-c5cccc(-c6cccc(-c7nc8ccccc8c8cc9ccccc9cc78)c6)c5)c4)n3)cc2)cc1. The summed E-state index contributed by atoms with van der Waals surface area (Å²) >= 11 is 3.60. The molecule has 0 aliphatic carbocycles. The van der Waals surface area contributed by atoms with Crippen LogP contribution in [0.3, 0.4) is 0 Å². The smallest absolute Gasteiger partial charge is 0.398 e. The van der Waals surface area contributed by atoms with Crippen molar-refractivity contribution >= 4 is 93.5 Å². The van der Waals surface area contributed by atoms with Crippen LogP contribution >= 0.6 is 15.9 Å². The van der Waals surface area contributed by atoms with E-state index >= 15 is 0 Å². The summed E-state index contributed by atoms with van der Waals surface area (Å²) < 4.78 is 13.7. The number of fused-ring (bicyclic) bond motifs is 8. The second-order valence-corrected chi connectivity index (χ2v) is 34.6. The highest BCUT2D eigenvalue weighted by Crippen LogP contribution is 2.42. The Bertz CT molecular complexity index is 7990. The summed E-state index contributed by atoms with van der Waals surface area (Å²) in [6.45, 7) is 8.30. The maximum absolute atomic E-state index is 6.33. The Labute approximate surface area is 763 Å². The van der Waals surface area contributed by atoms with Crippen LogP contribution in [0.2, 0.25) is 0 Å². The second kappa shape index (κ2) is 35.3. The topological polar surface area (TPSA) is 122 Å². The largest absolute Gasteiger partial charge is 0.515 e. The van der Waals surface area contributed by atoms with Crippen LogP contribution in [0, 0.1) is 0 Å². The van der Waals surface area contributed by atoms with Crippen molar-refractivity contribution in [2.45, 2.75) is 38.9 Å². The molecule has 1 aliphatic heterocycles. The predicted molar refractivity (Wildman–Crippen MR) is 541 cm³/mol. The third-order valence-electron chi connectivity index (χ3n) is 24.7. The van der Waals surface area contributed by atoms with Gasteiger partial charge in [0.25, 0.3) is 0 Å². The molecule has 130 heavy (non-hydrogen) atoms. The van der Waals surface area contributed by atoms with E-state index in [0.29, 0.717) is 34.9 Å². The fraction of sp³-hybridized carbons (Fsp3) is 0.0508. The number of para-hydroxylation sites is 2. The van der Waals surface area contributed by atoms with Gasteiger partial charge in [-0.05, 0) is 206 Å². The first-order valence-corrected chi connectivity index (χ1v) is 44.6. The van der Waals surface area contributed by atoms with Crippen LogP contribution in [0.15, 0.2) is 441 Å². The van der Waals surface area contributed by atoms with Crippen molar-refractivity contribution in [2.75, 3.05) is 0 Å². The summed E-state index contributed by atoms with van der Waals surface area (Å²) in [7, 11) is -0.483. The Morgan fingerprint density at radius 1 is 0.192 bits per heavy atom. The number of rotatable bonds is 14. The first kappa shape index (κ1) is 81.4. The Morgan fingerprint density at radius 3 is 0.838 bits per heavy atom. The van der Waals surface area contributed by atoms with Gasteiger partial charge in [0.05, 0.1) is 33.5 Å². The molecule has 18 aromatic carbocycles. The molecular formula is C118H84BBrN8O2. The van der Waals surface area contributed by atoms with Crippen molar-refractivity contribution in [2.24, 2.45) is 0 Å². The van der Waals surface area contributed by atoms with Gasteiger partial charge in [-0.3, -0.25) is 4.98 Å². The minimum atomic E-state index is -0.483. The molecule has 0 atom stereocenters. The van der Waals surface area contributed by atoms with Crippen LogP contribution < -0.4 is 5.59 Å². The molecule has 0 N–H and O–H groups in total. The molecule has 10 nitrogen and oxygen atoms in total. The van der Waals surface area contributed by atoms with E-state index < -0.39 is 18.3 Å². The van der Waals surface area contributed by atoms with Crippen LogP contribution in [0.25, 0.3) is 211 Å². The van der Waals surface area contributed by atoms with Crippen molar-refractivity contribution in [3.63, 3.8) is 0 Å². The van der Waals surface area contributed by atoms with Gasteiger partial charge < -0.3 is 9.31 Å². The average molecular weight is 1740 g/mol. The van der Waals surface area contributed by atoms with Gasteiger partial charge in [-0.2, -0.15) is 0 Å². The lowest BCUT2D eigenvalue weighted by molar-refractivity contribution is 0.00578. The Morgan fingerprint density at radius 2 is 0.446 bits per heavy atom. The van der Waals surface area contributed by atoms with Crippen molar-refractivity contribution in [3.05, 3.63) is 441 Å². The molecule has 1 fully saturated rings. The summed E-state index contributed by atoms with van der Waals surface area (Å²) in [4.78, 5) is 40.2. The van der Waals surface area contributed by atoms with E-state index in [4.69, 9.17) is 49.2 Å². The lowest BCUT2D eigenvalue weighted by Crippen LogP contribution is -2.41. The third kappa shape index (κ3) is 16.9. The molecule has 23 rings (SSSR count). The maximum atomic E-state index is 6.33. The molecule has 0 amide bonds. The van der Waals surface area contributed by atoms with Crippen molar-refractivity contribution in [3.8, 4) is 146 Å². The van der Waals surface area contributed by atoms with Crippen molar-refractivity contribution in [1.82, 2.24) is 39.9 Å². The van der Waals surface area contributed by atoms with Gasteiger partial charge in [-0.25, -0.2) is 34.9 Å². The summed E-state index contributed by atoms with van der Waals surface area (Å²) in [5.74, 6) is 3.82. The quantitative estimate of drug-likeness (QED) is 0.0591. The van der Waals surface area contributed by atoms with Crippen LogP contribution in [0.5, 0.6) is 0 Å². The second-order valence-electron chi connectivity index (χ2n) is 33.7. The number of nitrogens with zero attached hydrogens (tertiary/aromatic N) is 8. The predicted octanol–water partition coefficient (Wildman–Crippen LogP) is 29.9. The summed E-state index contributed by atoms with van der Waals surface area (Å²) in [5.41, 5.74) is 23.4. The molecule has 0 bridgehead atoms. The van der Waals surface area contributed by atoms with Gasteiger partial charge in [0.2, 0.25) is 0 Å². The maximum Gasteiger partial charge on any atom is 0.515 e. The zero-order chi connectivity index (χ0) is 87.7. The van der Waals surface area contributed by atoms with Crippen LogP contribution in [-0.2, 0) is 9.31 Å². The standard InChI is InChI=1S/C56H36N4.C39H26BrN3.C23H22BNO2/c1-3-14-37(15-4-1)38-28-30-40(31-29-38)55-58-54(39-16-5-2-6-17-39)59-56(60-55)48-25-13-23-44(34-48)42-21-11-20-41(32-42)43-22-12-24-47(33-43)53-51-36-46-19-8-7-18-45(46)35-50(51)49-26-9-10-27-52(49)57-53;40-36-19-9-17-34(26-36)32-15-7-14-31(24-32)33-16-8-18-35(25-33)39-42-37(29-12-5-2-6-13-29)41-38(43-39)30-22-20-28(21-23-30)27-10-3-1-4-11-27;1-22(2)23(3,4)27-24(26-22)21-19-14-16-10-6-5-9-15(16)13-18(19)17-11-7-8-12-20(17)25-21/h1-36H;1-26H;5-14H,1-4H3. The first-order chi connectivity index (χ1) is 63.7. The molecule has 22 aromatic rings. The summed E-state index contributed by atoms with van der Waals surface area (Å²) in [6, 6.07) is 152. The molecule has 0 saturated carbocycles. The van der Waals surface area contributed by atoms with Crippen molar-refractivity contribution in [1.29, 1.82) is 0 Å². The van der Waals surface area contributed by atoms with Gasteiger partial charge in [0.15, 0.2) is 34.9 Å². The van der Waals surface area contributed by atoms with Gasteiger partial charge >= 0.3 is 7.12 Å². The van der Waals surface area contributed by atoms with E-state index in [2.05, 4.69) is 395 Å². The Kier molecular flexibility index (Phi) is 22.1. The number of benzene rings is 18. The van der Waals surface area contributed by atoms with Gasteiger partial charge in [-0.15, -0.1) is 0 Å². The average Bonchev–Trinajstić information content (AvgIpc) is 1.56. The molecular weight excluding hydrogens is 1650 g/mol. The summed E-state index contributed by atoms with van der Waals surface area (Å²) in [6.07, 6.45) is 0. The number of hydrogen-bond acceptors (Lipinski definition) is 10. The molecule has 4 aromatic heterocycles. The molecule has 5 heterocycles. The molecule has 618 valence electrons. The van der Waals surface area contributed by atoms with Gasteiger partial charge in [-0.1, -0.05) is 374 Å². The highest BCUT2D eigenvalue weighted by atomic mass is 79.9. The number of hydrogen-bond donors (Lipinski definition) is 0. The van der Waals surface area contributed by atoms with E-state index in [1.165, 1.54) is 49.0 Å². The Balaban J connectivity index is 0.000000127. The monoisotopic (exact) mass is 1730 g/mol. The third-order valence-corrected chi connectivity index (χ3v) is 25.2. The molecule has 12 heteroatoms. The van der Waals surface area contributed by atoms with E-state index in [1.807, 2.05) is 84.9 Å². The lowest BCUT2D eigenvalue weighted by atomic mass is 9.79.